The van der Waals surface area contributed by atoms with E-state index in [0.717, 1.165) is 24.5 Å². The SMILES string of the molecule is COc1ccc(N2CCN(C(=O)C/C(N)=N/O)CC2)cc1. The largest absolute Gasteiger partial charge is 0.497 e. The van der Waals surface area contributed by atoms with Crippen LogP contribution in [0.1, 0.15) is 6.42 Å². The van der Waals surface area contributed by atoms with Gasteiger partial charge in [0.05, 0.1) is 13.5 Å². The smallest absolute Gasteiger partial charge is 0.230 e. The molecule has 0 radical (unpaired) electrons. The standard InChI is InChI=1S/C14H20N4O3/c1-21-12-4-2-11(3-5-12)17-6-8-18(9-7-17)14(19)10-13(15)16-20/h2-5,20H,6-10H2,1H3,(H2,15,16). The van der Waals surface area contributed by atoms with E-state index in [0.29, 0.717) is 13.1 Å². The summed E-state index contributed by atoms with van der Waals surface area (Å²) in [7, 11) is 1.64. The van der Waals surface area contributed by atoms with Crippen molar-refractivity contribution >= 4 is 17.4 Å². The zero-order valence-corrected chi connectivity index (χ0v) is 12.0. The van der Waals surface area contributed by atoms with Crippen LogP contribution >= 0.6 is 0 Å². The van der Waals surface area contributed by atoms with Gasteiger partial charge in [-0.1, -0.05) is 5.16 Å². The van der Waals surface area contributed by atoms with Crippen molar-refractivity contribution in [1.29, 1.82) is 0 Å². The molecule has 1 heterocycles. The van der Waals surface area contributed by atoms with Gasteiger partial charge in [0.25, 0.3) is 0 Å². The minimum absolute atomic E-state index is 0.0426. The van der Waals surface area contributed by atoms with Crippen LogP contribution in [0.15, 0.2) is 29.4 Å². The molecule has 1 saturated heterocycles. The second kappa shape index (κ2) is 6.83. The molecule has 1 fully saturated rings. The average Bonchev–Trinajstić information content (AvgIpc) is 2.55. The van der Waals surface area contributed by atoms with Crippen molar-refractivity contribution in [3.05, 3.63) is 24.3 Å². The van der Waals surface area contributed by atoms with E-state index in [4.69, 9.17) is 15.7 Å². The van der Waals surface area contributed by atoms with Crippen LogP contribution in [0.4, 0.5) is 5.69 Å². The molecule has 1 aromatic rings. The molecule has 114 valence electrons. The summed E-state index contributed by atoms with van der Waals surface area (Å²) in [5, 5.41) is 11.3. The lowest BCUT2D eigenvalue weighted by Gasteiger charge is -2.36. The second-order valence-electron chi connectivity index (χ2n) is 4.83. The molecule has 3 N–H and O–H groups in total. The van der Waals surface area contributed by atoms with Gasteiger partial charge in [-0.2, -0.15) is 0 Å². The lowest BCUT2D eigenvalue weighted by Crippen LogP contribution is -2.49. The van der Waals surface area contributed by atoms with Crippen LogP contribution in [0, 0.1) is 0 Å². The first-order chi connectivity index (χ1) is 10.1. The van der Waals surface area contributed by atoms with Gasteiger partial charge in [-0.15, -0.1) is 0 Å². The lowest BCUT2D eigenvalue weighted by atomic mass is 10.2. The second-order valence-corrected chi connectivity index (χ2v) is 4.83. The van der Waals surface area contributed by atoms with E-state index in [1.54, 1.807) is 12.0 Å². The highest BCUT2D eigenvalue weighted by molar-refractivity contribution is 5.98. The van der Waals surface area contributed by atoms with E-state index in [1.165, 1.54) is 0 Å². The van der Waals surface area contributed by atoms with Crippen molar-refractivity contribution in [3.63, 3.8) is 0 Å². The van der Waals surface area contributed by atoms with Crippen molar-refractivity contribution < 1.29 is 14.7 Å². The van der Waals surface area contributed by atoms with E-state index in [-0.39, 0.29) is 18.2 Å². The van der Waals surface area contributed by atoms with E-state index >= 15 is 0 Å². The van der Waals surface area contributed by atoms with Crippen LogP contribution in [0.3, 0.4) is 0 Å². The number of carbonyl (C=O) groups excluding carboxylic acids is 1. The molecule has 0 bridgehead atoms. The summed E-state index contributed by atoms with van der Waals surface area (Å²) < 4.78 is 5.14. The summed E-state index contributed by atoms with van der Waals surface area (Å²) in [4.78, 5) is 15.9. The van der Waals surface area contributed by atoms with Crippen molar-refractivity contribution in [3.8, 4) is 5.75 Å². The molecule has 1 aliphatic heterocycles. The van der Waals surface area contributed by atoms with E-state index in [9.17, 15) is 4.79 Å². The molecule has 0 aliphatic carbocycles. The Balaban J connectivity index is 1.89. The van der Waals surface area contributed by atoms with Crippen LogP contribution in [0.2, 0.25) is 0 Å². The van der Waals surface area contributed by atoms with Gasteiger partial charge in [-0.3, -0.25) is 4.79 Å². The Hall–Kier alpha value is -2.44. The Morgan fingerprint density at radius 2 is 1.90 bits per heavy atom. The highest BCUT2D eigenvalue weighted by Gasteiger charge is 2.21. The zero-order valence-electron chi connectivity index (χ0n) is 12.0. The molecular formula is C14H20N4O3. The summed E-state index contributed by atoms with van der Waals surface area (Å²) in [6.45, 7) is 2.77. The molecule has 0 aromatic heterocycles. The first kappa shape index (κ1) is 15.0. The van der Waals surface area contributed by atoms with Gasteiger partial charge < -0.3 is 25.5 Å². The molecule has 7 heteroatoms. The van der Waals surface area contributed by atoms with Crippen LogP contribution in [-0.4, -0.2) is 55.1 Å². The van der Waals surface area contributed by atoms with Crippen molar-refractivity contribution in [1.82, 2.24) is 4.90 Å². The molecule has 1 aliphatic rings. The molecule has 2 rings (SSSR count). The Morgan fingerprint density at radius 1 is 1.29 bits per heavy atom. The van der Waals surface area contributed by atoms with Gasteiger partial charge in [0.15, 0.2) is 0 Å². The van der Waals surface area contributed by atoms with E-state index in [2.05, 4.69) is 10.1 Å². The zero-order chi connectivity index (χ0) is 15.2. The minimum Gasteiger partial charge on any atom is -0.497 e. The maximum Gasteiger partial charge on any atom is 0.230 e. The quantitative estimate of drug-likeness (QED) is 0.364. The first-order valence-corrected chi connectivity index (χ1v) is 6.77. The molecule has 0 spiro atoms. The fourth-order valence-electron chi connectivity index (χ4n) is 2.31. The van der Waals surface area contributed by atoms with Crippen molar-refractivity contribution in [2.45, 2.75) is 6.42 Å². The third kappa shape index (κ3) is 3.77. The summed E-state index contributed by atoms with van der Waals surface area (Å²) in [6, 6.07) is 7.86. The van der Waals surface area contributed by atoms with E-state index < -0.39 is 0 Å². The average molecular weight is 292 g/mol. The number of oxime groups is 1. The predicted molar refractivity (Wildman–Crippen MR) is 79.8 cm³/mol. The number of carbonyl (C=O) groups is 1. The highest BCUT2D eigenvalue weighted by atomic mass is 16.5. The van der Waals surface area contributed by atoms with Crippen LogP contribution in [0.25, 0.3) is 0 Å². The van der Waals surface area contributed by atoms with Crippen LogP contribution in [0.5, 0.6) is 5.75 Å². The van der Waals surface area contributed by atoms with Gasteiger partial charge in [0.1, 0.15) is 11.6 Å². The Kier molecular flexibility index (Phi) is 4.86. The molecule has 21 heavy (non-hydrogen) atoms. The van der Waals surface area contributed by atoms with Crippen molar-refractivity contribution in [2.75, 3.05) is 38.2 Å². The minimum atomic E-state index is -0.111. The summed E-state index contributed by atoms with van der Waals surface area (Å²) in [5.41, 5.74) is 6.47. The molecule has 1 aromatic carbocycles. The monoisotopic (exact) mass is 292 g/mol. The molecule has 1 amide bonds. The fourth-order valence-corrected chi connectivity index (χ4v) is 2.31. The maximum atomic E-state index is 11.9. The number of ether oxygens (including phenoxy) is 1. The molecular weight excluding hydrogens is 272 g/mol. The number of hydrogen-bond acceptors (Lipinski definition) is 5. The number of benzene rings is 1. The number of piperazine rings is 1. The van der Waals surface area contributed by atoms with Gasteiger partial charge in [-0.05, 0) is 24.3 Å². The predicted octanol–water partition coefficient (Wildman–Crippen LogP) is 0.480. The highest BCUT2D eigenvalue weighted by Crippen LogP contribution is 2.20. The number of rotatable bonds is 4. The van der Waals surface area contributed by atoms with Crippen molar-refractivity contribution in [2.24, 2.45) is 10.9 Å². The first-order valence-electron chi connectivity index (χ1n) is 6.77. The number of anilines is 1. The number of hydrogen-bond donors (Lipinski definition) is 2. The van der Waals surface area contributed by atoms with Crippen LogP contribution < -0.4 is 15.4 Å². The number of amides is 1. The number of amidine groups is 1. The van der Waals surface area contributed by atoms with Gasteiger partial charge in [0, 0.05) is 31.9 Å². The van der Waals surface area contributed by atoms with Gasteiger partial charge in [0.2, 0.25) is 5.91 Å². The molecule has 7 nitrogen and oxygen atoms in total. The van der Waals surface area contributed by atoms with Crippen LogP contribution in [-0.2, 0) is 4.79 Å². The number of methoxy groups -OCH3 is 1. The van der Waals surface area contributed by atoms with Gasteiger partial charge in [-0.25, -0.2) is 0 Å². The summed E-state index contributed by atoms with van der Waals surface area (Å²) >= 11 is 0. The number of nitrogens with zero attached hydrogens (tertiary/aromatic N) is 3. The maximum absolute atomic E-state index is 11.9. The normalized spacial score (nSPS) is 16.0. The Bertz CT molecular complexity index is 507. The Morgan fingerprint density at radius 3 is 2.43 bits per heavy atom. The summed E-state index contributed by atoms with van der Waals surface area (Å²) in [6.07, 6.45) is -0.0426. The lowest BCUT2D eigenvalue weighted by molar-refractivity contribution is -0.130. The molecule has 0 saturated carbocycles. The molecule has 0 atom stereocenters. The third-order valence-electron chi connectivity index (χ3n) is 3.53. The Labute approximate surface area is 123 Å². The third-order valence-corrected chi connectivity index (χ3v) is 3.53. The van der Waals surface area contributed by atoms with E-state index in [1.807, 2.05) is 24.3 Å². The van der Waals surface area contributed by atoms with Gasteiger partial charge >= 0.3 is 0 Å². The topological polar surface area (TPSA) is 91.4 Å². The number of nitrogens with two attached hydrogens (primary N) is 1. The molecule has 0 unspecified atom stereocenters. The fraction of sp³-hybridized carbons (Fsp3) is 0.429. The summed E-state index contributed by atoms with van der Waals surface area (Å²) in [5.74, 6) is 0.656.